The maximum atomic E-state index is 13.1. The van der Waals surface area contributed by atoms with Crippen LogP contribution >= 0.6 is 0 Å². The van der Waals surface area contributed by atoms with E-state index in [2.05, 4.69) is 5.32 Å². The standard InChI is InChI=1S/C17H26N2O2S/c20-22(21,16-7-3-1-4-8-16)19-14-6-2-5-9-17(19)15-10-12-18-13-11-15/h1,3-4,7-8,15,17-18H,2,5-6,9-14H2. The fourth-order valence-corrected chi connectivity index (χ4v) is 5.61. The smallest absolute Gasteiger partial charge is 0.243 e. The summed E-state index contributed by atoms with van der Waals surface area (Å²) in [7, 11) is -3.37. The summed E-state index contributed by atoms with van der Waals surface area (Å²) in [6.45, 7) is 2.70. The summed E-state index contributed by atoms with van der Waals surface area (Å²) in [6.07, 6.45) is 6.46. The topological polar surface area (TPSA) is 49.4 Å². The minimum Gasteiger partial charge on any atom is -0.317 e. The van der Waals surface area contributed by atoms with Crippen molar-refractivity contribution in [1.82, 2.24) is 9.62 Å². The number of nitrogens with zero attached hydrogens (tertiary/aromatic N) is 1. The van der Waals surface area contributed by atoms with E-state index in [1.54, 1.807) is 12.1 Å². The van der Waals surface area contributed by atoms with E-state index in [1.165, 1.54) is 0 Å². The molecule has 2 heterocycles. The van der Waals surface area contributed by atoms with E-state index in [4.69, 9.17) is 0 Å². The molecule has 1 N–H and O–H groups in total. The van der Waals surface area contributed by atoms with Gasteiger partial charge in [-0.25, -0.2) is 8.42 Å². The van der Waals surface area contributed by atoms with Crippen LogP contribution in [0.5, 0.6) is 0 Å². The molecule has 0 saturated carbocycles. The highest BCUT2D eigenvalue weighted by Crippen LogP contribution is 2.32. The Labute approximate surface area is 134 Å². The Bertz CT molecular complexity index is 568. The Morgan fingerprint density at radius 2 is 1.68 bits per heavy atom. The zero-order valence-electron chi connectivity index (χ0n) is 13.1. The zero-order valence-corrected chi connectivity index (χ0v) is 13.9. The van der Waals surface area contributed by atoms with Gasteiger partial charge in [0.1, 0.15) is 0 Å². The van der Waals surface area contributed by atoms with Crippen LogP contribution in [0.3, 0.4) is 0 Å². The van der Waals surface area contributed by atoms with Crippen molar-refractivity contribution in [3.8, 4) is 0 Å². The van der Waals surface area contributed by atoms with Gasteiger partial charge in [-0.15, -0.1) is 0 Å². The largest absolute Gasteiger partial charge is 0.317 e. The van der Waals surface area contributed by atoms with Crippen LogP contribution < -0.4 is 5.32 Å². The highest BCUT2D eigenvalue weighted by Gasteiger charge is 2.37. The zero-order chi connectivity index (χ0) is 15.4. The van der Waals surface area contributed by atoms with E-state index in [0.717, 1.165) is 51.6 Å². The lowest BCUT2D eigenvalue weighted by atomic mass is 9.88. The summed E-state index contributed by atoms with van der Waals surface area (Å²) in [4.78, 5) is 0.441. The Morgan fingerprint density at radius 1 is 0.955 bits per heavy atom. The summed E-state index contributed by atoms with van der Waals surface area (Å²) in [5, 5.41) is 3.39. The molecule has 1 unspecified atom stereocenters. The summed E-state index contributed by atoms with van der Waals surface area (Å²) in [5.74, 6) is 0.498. The van der Waals surface area contributed by atoms with Crippen LogP contribution in [0.15, 0.2) is 35.2 Å². The molecule has 1 aromatic carbocycles. The second-order valence-corrected chi connectivity index (χ2v) is 8.32. The van der Waals surface area contributed by atoms with Crippen LogP contribution in [0, 0.1) is 5.92 Å². The van der Waals surface area contributed by atoms with Crippen LogP contribution in [0.2, 0.25) is 0 Å². The molecule has 0 spiro atoms. The first-order valence-corrected chi connectivity index (χ1v) is 9.91. The first-order valence-electron chi connectivity index (χ1n) is 8.47. The number of hydrogen-bond donors (Lipinski definition) is 1. The van der Waals surface area contributed by atoms with Crippen LogP contribution in [0.25, 0.3) is 0 Å². The van der Waals surface area contributed by atoms with E-state index in [1.807, 2.05) is 22.5 Å². The van der Waals surface area contributed by atoms with Gasteiger partial charge < -0.3 is 5.32 Å². The third kappa shape index (κ3) is 3.36. The molecule has 0 radical (unpaired) electrons. The third-order valence-corrected chi connectivity index (χ3v) is 6.96. The van der Waals surface area contributed by atoms with Crippen LogP contribution in [-0.2, 0) is 10.0 Å². The first-order chi connectivity index (χ1) is 10.7. The molecule has 0 aromatic heterocycles. The maximum Gasteiger partial charge on any atom is 0.243 e. The molecule has 122 valence electrons. The van der Waals surface area contributed by atoms with Crippen LogP contribution in [-0.4, -0.2) is 38.4 Å². The molecule has 3 rings (SSSR count). The minimum absolute atomic E-state index is 0.176. The van der Waals surface area contributed by atoms with Crippen molar-refractivity contribution in [3.63, 3.8) is 0 Å². The molecule has 2 fully saturated rings. The van der Waals surface area contributed by atoms with Crippen molar-refractivity contribution in [1.29, 1.82) is 0 Å². The summed E-state index contributed by atoms with van der Waals surface area (Å²) in [5.41, 5.74) is 0. The van der Waals surface area contributed by atoms with Gasteiger partial charge in [0.25, 0.3) is 0 Å². The van der Waals surface area contributed by atoms with E-state index in [0.29, 0.717) is 17.4 Å². The normalized spacial score (nSPS) is 25.7. The van der Waals surface area contributed by atoms with Crippen molar-refractivity contribution in [2.75, 3.05) is 19.6 Å². The van der Waals surface area contributed by atoms with Crippen molar-refractivity contribution in [3.05, 3.63) is 30.3 Å². The number of sulfonamides is 1. The summed E-state index contributed by atoms with van der Waals surface area (Å²) < 4.78 is 28.0. The third-order valence-electron chi connectivity index (χ3n) is 5.03. The SMILES string of the molecule is O=S(=O)(c1ccccc1)N1CCCCCC1C1CCNCC1. The van der Waals surface area contributed by atoms with E-state index >= 15 is 0 Å². The number of nitrogens with one attached hydrogen (secondary N) is 1. The summed E-state index contributed by atoms with van der Waals surface area (Å²) in [6, 6.07) is 9.11. The monoisotopic (exact) mass is 322 g/mol. The van der Waals surface area contributed by atoms with Crippen molar-refractivity contribution in [2.24, 2.45) is 5.92 Å². The Hall–Kier alpha value is -0.910. The maximum absolute atomic E-state index is 13.1. The van der Waals surface area contributed by atoms with E-state index < -0.39 is 10.0 Å². The number of piperidine rings is 1. The minimum atomic E-state index is -3.37. The van der Waals surface area contributed by atoms with Crippen LogP contribution in [0.4, 0.5) is 0 Å². The predicted octanol–water partition coefficient (Wildman–Crippen LogP) is 2.62. The van der Waals surface area contributed by atoms with Gasteiger partial charge in [0.05, 0.1) is 4.90 Å². The molecular formula is C17H26N2O2S. The molecule has 22 heavy (non-hydrogen) atoms. The van der Waals surface area contributed by atoms with Crippen molar-refractivity contribution < 1.29 is 8.42 Å². The molecule has 1 atom stereocenters. The molecule has 5 heteroatoms. The van der Waals surface area contributed by atoms with Gasteiger partial charge in [0, 0.05) is 12.6 Å². The average molecular weight is 322 g/mol. The Morgan fingerprint density at radius 3 is 2.41 bits per heavy atom. The lowest BCUT2D eigenvalue weighted by Gasteiger charge is -2.37. The van der Waals surface area contributed by atoms with E-state index in [-0.39, 0.29) is 6.04 Å². The molecule has 1 aromatic rings. The van der Waals surface area contributed by atoms with Gasteiger partial charge in [-0.3, -0.25) is 0 Å². The second-order valence-electron chi connectivity index (χ2n) is 6.43. The molecule has 2 aliphatic heterocycles. The van der Waals surface area contributed by atoms with Gasteiger partial charge in [0.15, 0.2) is 0 Å². The fourth-order valence-electron chi connectivity index (χ4n) is 3.83. The Balaban J connectivity index is 1.89. The van der Waals surface area contributed by atoms with Crippen LogP contribution in [0.1, 0.15) is 38.5 Å². The molecule has 0 bridgehead atoms. The van der Waals surface area contributed by atoms with Gasteiger partial charge in [0.2, 0.25) is 10.0 Å². The lowest BCUT2D eigenvalue weighted by Crippen LogP contribution is -2.47. The second kappa shape index (κ2) is 7.11. The fraction of sp³-hybridized carbons (Fsp3) is 0.647. The van der Waals surface area contributed by atoms with Crippen molar-refractivity contribution >= 4 is 10.0 Å². The molecule has 2 aliphatic rings. The quantitative estimate of drug-likeness (QED) is 0.930. The van der Waals surface area contributed by atoms with Crippen molar-refractivity contribution in [2.45, 2.75) is 49.5 Å². The number of rotatable bonds is 3. The first kappa shape index (κ1) is 16.0. The highest BCUT2D eigenvalue weighted by molar-refractivity contribution is 7.89. The van der Waals surface area contributed by atoms with Gasteiger partial charge >= 0.3 is 0 Å². The summed E-state index contributed by atoms with van der Waals surface area (Å²) >= 11 is 0. The molecule has 0 amide bonds. The van der Waals surface area contributed by atoms with Gasteiger partial charge in [-0.05, 0) is 56.8 Å². The van der Waals surface area contributed by atoms with Gasteiger partial charge in [-0.1, -0.05) is 31.0 Å². The average Bonchev–Trinajstić information content (AvgIpc) is 2.83. The molecule has 2 saturated heterocycles. The molecule has 0 aliphatic carbocycles. The Kier molecular flexibility index (Phi) is 5.16. The number of hydrogen-bond acceptors (Lipinski definition) is 3. The predicted molar refractivity (Wildman–Crippen MR) is 88.2 cm³/mol. The van der Waals surface area contributed by atoms with Gasteiger partial charge in [-0.2, -0.15) is 4.31 Å². The molecule has 4 nitrogen and oxygen atoms in total. The lowest BCUT2D eigenvalue weighted by molar-refractivity contribution is 0.198. The highest BCUT2D eigenvalue weighted by atomic mass is 32.2. The number of benzene rings is 1. The van der Waals surface area contributed by atoms with E-state index in [9.17, 15) is 8.42 Å². The molecular weight excluding hydrogens is 296 g/mol.